The van der Waals surface area contributed by atoms with Crippen molar-refractivity contribution in [1.82, 2.24) is 4.90 Å². The average Bonchev–Trinajstić information content (AvgIpc) is 2.83. The van der Waals surface area contributed by atoms with Crippen molar-refractivity contribution in [3.63, 3.8) is 0 Å². The molecule has 1 rings (SSSR count). The molecule has 0 aliphatic carbocycles. The summed E-state index contributed by atoms with van der Waals surface area (Å²) in [6, 6.07) is 0.846. The lowest BCUT2D eigenvalue weighted by Crippen LogP contribution is -2.32. The summed E-state index contributed by atoms with van der Waals surface area (Å²) in [4.78, 5) is 2.57. The van der Waals surface area contributed by atoms with Crippen molar-refractivity contribution < 1.29 is 0 Å². The zero-order valence-electron chi connectivity index (χ0n) is 11.7. The fraction of sp³-hybridized carbons (Fsp3) is 1.00. The molecule has 2 nitrogen and oxygen atoms in total. The summed E-state index contributed by atoms with van der Waals surface area (Å²) in [6.07, 6.45) is 8.00. The van der Waals surface area contributed by atoms with Crippen molar-refractivity contribution in [2.75, 3.05) is 31.6 Å². The summed E-state index contributed by atoms with van der Waals surface area (Å²) in [5.41, 5.74) is 5.68. The van der Waals surface area contributed by atoms with Gasteiger partial charge in [-0.05, 0) is 57.5 Å². The average molecular weight is 258 g/mol. The molecule has 2 N–H and O–H groups in total. The van der Waals surface area contributed by atoms with E-state index in [0.29, 0.717) is 0 Å². The second-order valence-corrected chi connectivity index (χ2v) is 6.52. The maximum Gasteiger partial charge on any atom is 0.0191 e. The molecule has 0 amide bonds. The first kappa shape index (κ1) is 15.3. The van der Waals surface area contributed by atoms with Crippen LogP contribution in [0.25, 0.3) is 0 Å². The van der Waals surface area contributed by atoms with Crippen LogP contribution in [0.15, 0.2) is 0 Å². The minimum atomic E-state index is 0.846. The Bertz CT molecular complexity index is 173. The highest BCUT2D eigenvalue weighted by atomic mass is 32.2. The van der Waals surface area contributed by atoms with Gasteiger partial charge in [-0.1, -0.05) is 19.8 Å². The van der Waals surface area contributed by atoms with Crippen LogP contribution in [0.5, 0.6) is 0 Å². The first-order valence-electron chi connectivity index (χ1n) is 7.26. The van der Waals surface area contributed by atoms with Crippen LogP contribution < -0.4 is 5.73 Å². The summed E-state index contributed by atoms with van der Waals surface area (Å²) in [6.45, 7) is 4.42. The first-order valence-corrected chi connectivity index (χ1v) is 8.41. The monoisotopic (exact) mass is 258 g/mol. The van der Waals surface area contributed by atoms with E-state index >= 15 is 0 Å². The smallest absolute Gasteiger partial charge is 0.0191 e. The van der Waals surface area contributed by atoms with Crippen LogP contribution in [0.4, 0.5) is 0 Å². The standard InChI is InChI=1S/C14H30N2S/c1-3-5-13(7-9-15)6-4-10-16(2)14-8-11-17-12-14/h13-14H,3-12,15H2,1-2H3. The van der Waals surface area contributed by atoms with Crippen LogP contribution in [-0.2, 0) is 0 Å². The molecule has 17 heavy (non-hydrogen) atoms. The fourth-order valence-electron chi connectivity index (χ4n) is 2.76. The molecule has 0 spiro atoms. The largest absolute Gasteiger partial charge is 0.330 e. The Morgan fingerprint density at radius 3 is 2.76 bits per heavy atom. The maximum atomic E-state index is 5.68. The van der Waals surface area contributed by atoms with Gasteiger partial charge < -0.3 is 10.6 Å². The second kappa shape index (κ2) is 9.23. The van der Waals surface area contributed by atoms with Gasteiger partial charge in [-0.15, -0.1) is 0 Å². The molecule has 0 aromatic carbocycles. The first-order chi connectivity index (χ1) is 8.27. The van der Waals surface area contributed by atoms with Gasteiger partial charge in [0, 0.05) is 11.8 Å². The predicted molar refractivity (Wildman–Crippen MR) is 79.7 cm³/mol. The molecular weight excluding hydrogens is 228 g/mol. The third-order valence-corrected chi connectivity index (χ3v) is 5.07. The van der Waals surface area contributed by atoms with Crippen LogP contribution in [0.1, 0.15) is 45.4 Å². The van der Waals surface area contributed by atoms with Crippen molar-refractivity contribution in [2.45, 2.75) is 51.5 Å². The van der Waals surface area contributed by atoms with Crippen LogP contribution in [-0.4, -0.2) is 42.6 Å². The second-order valence-electron chi connectivity index (χ2n) is 5.37. The molecule has 0 saturated carbocycles. The van der Waals surface area contributed by atoms with E-state index in [2.05, 4.69) is 30.6 Å². The number of thioether (sulfide) groups is 1. The van der Waals surface area contributed by atoms with Gasteiger partial charge in [-0.2, -0.15) is 11.8 Å². The molecule has 2 unspecified atom stereocenters. The highest BCUT2D eigenvalue weighted by Crippen LogP contribution is 2.22. The summed E-state index contributed by atoms with van der Waals surface area (Å²) in [7, 11) is 2.30. The van der Waals surface area contributed by atoms with Gasteiger partial charge in [0.15, 0.2) is 0 Å². The van der Waals surface area contributed by atoms with E-state index < -0.39 is 0 Å². The molecule has 2 atom stereocenters. The van der Waals surface area contributed by atoms with Crippen molar-refractivity contribution in [2.24, 2.45) is 11.7 Å². The van der Waals surface area contributed by atoms with Crippen LogP contribution in [0, 0.1) is 5.92 Å². The van der Waals surface area contributed by atoms with Crippen molar-refractivity contribution in [3.05, 3.63) is 0 Å². The number of nitrogens with two attached hydrogens (primary N) is 1. The van der Waals surface area contributed by atoms with E-state index in [9.17, 15) is 0 Å². The van der Waals surface area contributed by atoms with E-state index in [0.717, 1.165) is 18.5 Å². The lowest BCUT2D eigenvalue weighted by atomic mass is 9.94. The normalized spacial score (nSPS) is 22.2. The minimum absolute atomic E-state index is 0.846. The molecule has 0 aromatic heterocycles. The number of rotatable bonds is 9. The van der Waals surface area contributed by atoms with Gasteiger partial charge in [0.1, 0.15) is 0 Å². The molecule has 0 bridgehead atoms. The Morgan fingerprint density at radius 1 is 1.35 bits per heavy atom. The van der Waals surface area contributed by atoms with Gasteiger partial charge in [-0.3, -0.25) is 0 Å². The van der Waals surface area contributed by atoms with Gasteiger partial charge >= 0.3 is 0 Å². The summed E-state index contributed by atoms with van der Waals surface area (Å²) in [5.74, 6) is 3.58. The molecule has 0 radical (unpaired) electrons. The van der Waals surface area contributed by atoms with Crippen molar-refractivity contribution in [1.29, 1.82) is 0 Å². The molecule has 1 heterocycles. The van der Waals surface area contributed by atoms with Gasteiger partial charge in [0.25, 0.3) is 0 Å². The zero-order chi connectivity index (χ0) is 12.5. The Morgan fingerprint density at radius 2 is 2.18 bits per heavy atom. The van der Waals surface area contributed by atoms with E-state index in [-0.39, 0.29) is 0 Å². The van der Waals surface area contributed by atoms with Crippen LogP contribution in [0.3, 0.4) is 0 Å². The Balaban J connectivity index is 2.11. The Labute approximate surface area is 112 Å². The number of nitrogens with zero attached hydrogens (tertiary/aromatic N) is 1. The zero-order valence-corrected chi connectivity index (χ0v) is 12.5. The van der Waals surface area contributed by atoms with Gasteiger partial charge in [0.2, 0.25) is 0 Å². The molecule has 3 heteroatoms. The van der Waals surface area contributed by atoms with E-state index in [4.69, 9.17) is 5.73 Å². The van der Waals surface area contributed by atoms with Crippen LogP contribution >= 0.6 is 11.8 Å². The predicted octanol–water partition coefficient (Wildman–Crippen LogP) is 2.97. The Hall–Kier alpha value is 0.270. The van der Waals surface area contributed by atoms with Crippen molar-refractivity contribution >= 4 is 11.8 Å². The fourth-order valence-corrected chi connectivity index (χ4v) is 4.06. The molecular formula is C14H30N2S. The molecule has 0 aromatic rings. The molecule has 102 valence electrons. The third kappa shape index (κ3) is 6.12. The highest BCUT2D eigenvalue weighted by molar-refractivity contribution is 7.99. The molecule has 1 saturated heterocycles. The quantitative estimate of drug-likeness (QED) is 0.689. The lowest BCUT2D eigenvalue weighted by Gasteiger charge is -2.24. The van der Waals surface area contributed by atoms with Gasteiger partial charge in [-0.25, -0.2) is 0 Å². The molecule has 1 aliphatic heterocycles. The Kier molecular flexibility index (Phi) is 8.33. The van der Waals surface area contributed by atoms with E-state index in [1.807, 2.05) is 0 Å². The van der Waals surface area contributed by atoms with Crippen molar-refractivity contribution in [3.8, 4) is 0 Å². The topological polar surface area (TPSA) is 29.3 Å². The minimum Gasteiger partial charge on any atom is -0.330 e. The SMILES string of the molecule is CCCC(CCN)CCCN(C)C1CCSC1. The third-order valence-electron chi connectivity index (χ3n) is 3.92. The van der Waals surface area contributed by atoms with Crippen LogP contribution in [0.2, 0.25) is 0 Å². The summed E-state index contributed by atoms with van der Waals surface area (Å²) < 4.78 is 0. The number of hydrogen-bond acceptors (Lipinski definition) is 3. The maximum absolute atomic E-state index is 5.68. The van der Waals surface area contributed by atoms with E-state index in [1.54, 1.807) is 0 Å². The van der Waals surface area contributed by atoms with E-state index in [1.165, 1.54) is 56.6 Å². The lowest BCUT2D eigenvalue weighted by molar-refractivity contribution is 0.247. The van der Waals surface area contributed by atoms with Gasteiger partial charge in [0.05, 0.1) is 0 Å². The summed E-state index contributed by atoms with van der Waals surface area (Å²) >= 11 is 2.11. The number of hydrogen-bond donors (Lipinski definition) is 1. The molecule has 1 aliphatic rings. The molecule has 1 fully saturated rings. The summed E-state index contributed by atoms with van der Waals surface area (Å²) in [5, 5.41) is 0. The highest BCUT2D eigenvalue weighted by Gasteiger charge is 2.19.